The minimum Gasteiger partial charge on any atom is -0.399 e. The Morgan fingerprint density at radius 3 is 2.15 bits per heavy atom. The van der Waals surface area contributed by atoms with E-state index >= 15 is 0 Å². The van der Waals surface area contributed by atoms with Crippen LogP contribution in [0.15, 0.2) is 36.9 Å². The molecule has 0 amide bonds. The zero-order chi connectivity index (χ0) is 14.8. The van der Waals surface area contributed by atoms with Gasteiger partial charge in [-0.3, -0.25) is 0 Å². The first-order valence-corrected chi connectivity index (χ1v) is 6.99. The van der Waals surface area contributed by atoms with Crippen LogP contribution >= 0.6 is 0 Å². The predicted octanol–water partition coefficient (Wildman–Crippen LogP) is 2.69. The maximum absolute atomic E-state index is 6.02. The van der Waals surface area contributed by atoms with Gasteiger partial charge >= 0.3 is 7.12 Å². The molecule has 0 atom stereocenters. The first-order chi connectivity index (χ1) is 9.36. The quantitative estimate of drug-likeness (QED) is 0.469. The summed E-state index contributed by atoms with van der Waals surface area (Å²) in [5.74, 6) is 0. The second-order valence-electron chi connectivity index (χ2n) is 6.13. The molecule has 0 aliphatic carbocycles. The molecule has 3 nitrogen and oxygen atoms in total. The van der Waals surface area contributed by atoms with Gasteiger partial charge in [-0.1, -0.05) is 30.3 Å². The van der Waals surface area contributed by atoms with Crippen LogP contribution in [0.1, 0.15) is 33.3 Å². The highest BCUT2D eigenvalue weighted by Crippen LogP contribution is 2.36. The van der Waals surface area contributed by atoms with Crippen molar-refractivity contribution in [2.45, 2.75) is 45.5 Å². The van der Waals surface area contributed by atoms with Gasteiger partial charge in [0.1, 0.15) is 0 Å². The second kappa shape index (κ2) is 5.72. The predicted molar refractivity (Wildman–Crippen MR) is 82.0 cm³/mol. The van der Waals surface area contributed by atoms with Crippen LogP contribution in [0.3, 0.4) is 0 Å². The van der Waals surface area contributed by atoms with Crippen LogP contribution in [-0.2, 0) is 20.7 Å². The fourth-order valence-corrected chi connectivity index (χ4v) is 2.01. The van der Waals surface area contributed by atoms with Crippen LogP contribution in [0, 0.1) is 0 Å². The van der Waals surface area contributed by atoms with Crippen molar-refractivity contribution in [3.8, 4) is 0 Å². The summed E-state index contributed by atoms with van der Waals surface area (Å²) in [6.45, 7) is 13.0. The molecule has 1 aromatic carbocycles. The molecule has 1 aliphatic heterocycles. The van der Waals surface area contributed by atoms with Gasteiger partial charge in [-0.2, -0.15) is 0 Å². The van der Waals surface area contributed by atoms with Crippen molar-refractivity contribution in [1.82, 2.24) is 0 Å². The van der Waals surface area contributed by atoms with E-state index < -0.39 is 0 Å². The van der Waals surface area contributed by atoms with Gasteiger partial charge in [-0.15, -0.1) is 6.58 Å². The fourth-order valence-electron chi connectivity index (χ4n) is 2.01. The van der Waals surface area contributed by atoms with Gasteiger partial charge in [-0.25, -0.2) is 0 Å². The first-order valence-electron chi connectivity index (χ1n) is 6.99. The van der Waals surface area contributed by atoms with Crippen molar-refractivity contribution in [2.24, 2.45) is 0 Å². The van der Waals surface area contributed by atoms with E-state index in [2.05, 4.69) is 34.3 Å². The van der Waals surface area contributed by atoms with Crippen LogP contribution in [-0.4, -0.2) is 24.9 Å². The topological polar surface area (TPSA) is 27.7 Å². The van der Waals surface area contributed by atoms with Crippen molar-refractivity contribution in [1.29, 1.82) is 0 Å². The molecule has 0 unspecified atom stereocenters. The number of ether oxygens (including phenoxy) is 1. The smallest absolute Gasteiger partial charge is 0.399 e. The largest absolute Gasteiger partial charge is 0.494 e. The van der Waals surface area contributed by atoms with Gasteiger partial charge in [0.2, 0.25) is 0 Å². The maximum Gasteiger partial charge on any atom is 0.494 e. The van der Waals surface area contributed by atoms with E-state index in [1.165, 1.54) is 0 Å². The molecule has 0 saturated carbocycles. The van der Waals surface area contributed by atoms with Gasteiger partial charge in [0, 0.05) is 0 Å². The van der Waals surface area contributed by atoms with Crippen LogP contribution in [0.25, 0.3) is 0 Å². The number of benzene rings is 1. The Labute approximate surface area is 122 Å². The Hall–Kier alpha value is -1.10. The van der Waals surface area contributed by atoms with E-state index in [1.54, 1.807) is 6.08 Å². The van der Waals surface area contributed by atoms with Gasteiger partial charge < -0.3 is 14.0 Å². The molecule has 1 aromatic rings. The molecule has 1 fully saturated rings. The average molecular weight is 274 g/mol. The maximum atomic E-state index is 6.02. The number of hydrogen-bond donors (Lipinski definition) is 0. The van der Waals surface area contributed by atoms with Crippen LogP contribution in [0.4, 0.5) is 0 Å². The van der Waals surface area contributed by atoms with E-state index in [9.17, 15) is 0 Å². The highest BCUT2D eigenvalue weighted by atomic mass is 16.7. The summed E-state index contributed by atoms with van der Waals surface area (Å²) in [5.41, 5.74) is 1.57. The first kappa shape index (κ1) is 15.3. The van der Waals surface area contributed by atoms with E-state index in [4.69, 9.17) is 14.0 Å². The molecule has 0 aromatic heterocycles. The summed E-state index contributed by atoms with van der Waals surface area (Å²) in [6, 6.07) is 8.16. The Balaban J connectivity index is 2.03. The monoisotopic (exact) mass is 274 g/mol. The third-order valence-corrected chi connectivity index (χ3v) is 4.01. The highest BCUT2D eigenvalue weighted by Gasteiger charge is 2.51. The molecule has 1 aliphatic rings. The van der Waals surface area contributed by atoms with E-state index in [-0.39, 0.29) is 18.3 Å². The summed E-state index contributed by atoms with van der Waals surface area (Å²) < 4.78 is 17.5. The van der Waals surface area contributed by atoms with Gasteiger partial charge in [0.15, 0.2) is 0 Å². The molecule has 1 saturated heterocycles. The lowest BCUT2D eigenvalue weighted by atomic mass is 9.79. The molecule has 0 radical (unpaired) electrons. The average Bonchev–Trinajstić information content (AvgIpc) is 2.60. The van der Waals surface area contributed by atoms with Crippen molar-refractivity contribution >= 4 is 12.6 Å². The standard InChI is InChI=1S/C16H23BO3/c1-6-11-18-12-13-7-9-14(10-8-13)17-19-15(2,3)16(4,5)20-17/h6-10H,1,11-12H2,2-5H3. The van der Waals surface area contributed by atoms with Crippen LogP contribution < -0.4 is 5.46 Å². The Kier molecular flexibility index (Phi) is 4.38. The van der Waals surface area contributed by atoms with Crippen molar-refractivity contribution < 1.29 is 14.0 Å². The summed E-state index contributed by atoms with van der Waals surface area (Å²) in [6.07, 6.45) is 1.75. The normalized spacial score (nSPS) is 20.1. The van der Waals surface area contributed by atoms with Gasteiger partial charge in [0.25, 0.3) is 0 Å². The minimum atomic E-state index is -0.303. The molecule has 108 valence electrons. The lowest BCUT2D eigenvalue weighted by molar-refractivity contribution is 0.00578. The van der Waals surface area contributed by atoms with Crippen LogP contribution in [0.5, 0.6) is 0 Å². The molecule has 0 N–H and O–H groups in total. The third kappa shape index (κ3) is 3.14. The SMILES string of the molecule is C=CCOCc1ccc(B2OC(C)(C)C(C)(C)O2)cc1. The van der Waals surface area contributed by atoms with Crippen molar-refractivity contribution in [3.05, 3.63) is 42.5 Å². The molecular weight excluding hydrogens is 251 g/mol. The summed E-state index contributed by atoms with van der Waals surface area (Å²) in [4.78, 5) is 0. The molecule has 0 bridgehead atoms. The fraction of sp³-hybridized carbons (Fsp3) is 0.500. The molecule has 4 heteroatoms. The molecule has 1 heterocycles. The summed E-state index contributed by atoms with van der Waals surface area (Å²) in [7, 11) is -0.303. The van der Waals surface area contributed by atoms with Crippen molar-refractivity contribution in [3.63, 3.8) is 0 Å². The molecule has 20 heavy (non-hydrogen) atoms. The lowest BCUT2D eigenvalue weighted by Gasteiger charge is -2.32. The van der Waals surface area contributed by atoms with E-state index in [0.717, 1.165) is 11.0 Å². The lowest BCUT2D eigenvalue weighted by Crippen LogP contribution is -2.41. The Morgan fingerprint density at radius 2 is 1.65 bits per heavy atom. The van der Waals surface area contributed by atoms with E-state index in [0.29, 0.717) is 13.2 Å². The minimum absolute atomic E-state index is 0.302. The molecular formula is C16H23BO3. The van der Waals surface area contributed by atoms with Crippen molar-refractivity contribution in [2.75, 3.05) is 6.61 Å². The molecule has 2 rings (SSSR count). The summed E-state index contributed by atoms with van der Waals surface area (Å²) >= 11 is 0. The third-order valence-electron chi connectivity index (χ3n) is 4.01. The van der Waals surface area contributed by atoms with Gasteiger partial charge in [-0.05, 0) is 38.7 Å². The van der Waals surface area contributed by atoms with Crippen LogP contribution in [0.2, 0.25) is 0 Å². The Morgan fingerprint density at radius 1 is 1.10 bits per heavy atom. The highest BCUT2D eigenvalue weighted by molar-refractivity contribution is 6.62. The Bertz CT molecular complexity index is 449. The number of hydrogen-bond acceptors (Lipinski definition) is 3. The van der Waals surface area contributed by atoms with Gasteiger partial charge in [0.05, 0.1) is 24.4 Å². The van der Waals surface area contributed by atoms with E-state index in [1.807, 2.05) is 24.3 Å². The zero-order valence-electron chi connectivity index (χ0n) is 12.8. The second-order valence-corrected chi connectivity index (χ2v) is 6.13. The molecule has 0 spiro atoms. The summed E-state index contributed by atoms with van der Waals surface area (Å²) in [5, 5.41) is 0. The zero-order valence-corrected chi connectivity index (χ0v) is 12.8. The number of rotatable bonds is 5.